The third-order valence-electron chi connectivity index (χ3n) is 2.74. The van der Waals surface area contributed by atoms with Gasteiger partial charge in [-0.05, 0) is 24.6 Å². The molecule has 0 aliphatic rings. The molecule has 0 saturated carbocycles. The van der Waals surface area contributed by atoms with Crippen LogP contribution in [0.5, 0.6) is 0 Å². The van der Waals surface area contributed by atoms with Crippen molar-refractivity contribution in [1.29, 1.82) is 0 Å². The van der Waals surface area contributed by atoms with Crippen molar-refractivity contribution < 1.29 is 4.39 Å². The summed E-state index contributed by atoms with van der Waals surface area (Å²) in [4.78, 5) is 4.09. The van der Waals surface area contributed by atoms with E-state index in [1.165, 1.54) is 12.3 Å². The molecule has 0 bridgehead atoms. The zero-order chi connectivity index (χ0) is 13.8. The standard InChI is InChI=1S/C14H19FN4/c1-10(2)6-16-7-11-9-19(3)18-14(11)13-5-4-12(15)8-17-13/h4-5,8-10,16H,6-7H2,1-3H3. The monoisotopic (exact) mass is 262 g/mol. The average molecular weight is 262 g/mol. The first kappa shape index (κ1) is 13.7. The van der Waals surface area contributed by atoms with Gasteiger partial charge in [0, 0.05) is 25.4 Å². The molecule has 0 unspecified atom stereocenters. The minimum Gasteiger partial charge on any atom is -0.312 e. The highest BCUT2D eigenvalue weighted by Gasteiger charge is 2.11. The third kappa shape index (κ3) is 3.61. The summed E-state index contributed by atoms with van der Waals surface area (Å²) in [7, 11) is 1.87. The fourth-order valence-corrected chi connectivity index (χ4v) is 1.89. The molecular formula is C14H19FN4. The Morgan fingerprint density at radius 3 is 2.79 bits per heavy atom. The summed E-state index contributed by atoms with van der Waals surface area (Å²) < 4.78 is 14.7. The molecular weight excluding hydrogens is 243 g/mol. The molecule has 0 aliphatic heterocycles. The average Bonchev–Trinajstić information content (AvgIpc) is 2.71. The smallest absolute Gasteiger partial charge is 0.141 e. The van der Waals surface area contributed by atoms with E-state index in [-0.39, 0.29) is 5.82 Å². The fraction of sp³-hybridized carbons (Fsp3) is 0.429. The van der Waals surface area contributed by atoms with Crippen LogP contribution in [0.3, 0.4) is 0 Å². The lowest BCUT2D eigenvalue weighted by molar-refractivity contribution is 0.552. The molecule has 19 heavy (non-hydrogen) atoms. The summed E-state index contributed by atoms with van der Waals surface area (Å²) in [5, 5.41) is 7.78. The highest BCUT2D eigenvalue weighted by molar-refractivity contribution is 5.57. The largest absolute Gasteiger partial charge is 0.312 e. The van der Waals surface area contributed by atoms with Crippen molar-refractivity contribution in [2.75, 3.05) is 6.54 Å². The summed E-state index contributed by atoms with van der Waals surface area (Å²) in [5.41, 5.74) is 2.57. The summed E-state index contributed by atoms with van der Waals surface area (Å²) in [5.74, 6) is 0.267. The van der Waals surface area contributed by atoms with Gasteiger partial charge in [-0.15, -0.1) is 0 Å². The highest BCUT2D eigenvalue weighted by Crippen LogP contribution is 2.19. The van der Waals surface area contributed by atoms with Crippen molar-refractivity contribution in [2.45, 2.75) is 20.4 Å². The van der Waals surface area contributed by atoms with Gasteiger partial charge in [-0.2, -0.15) is 5.10 Å². The number of nitrogens with zero attached hydrogens (tertiary/aromatic N) is 3. The number of aromatic nitrogens is 3. The van der Waals surface area contributed by atoms with Crippen LogP contribution >= 0.6 is 0 Å². The molecule has 5 heteroatoms. The lowest BCUT2D eigenvalue weighted by Crippen LogP contribution is -2.19. The molecule has 0 radical (unpaired) electrons. The maximum atomic E-state index is 12.9. The van der Waals surface area contributed by atoms with E-state index in [0.717, 1.165) is 24.3 Å². The normalized spacial score (nSPS) is 11.2. The molecule has 0 amide bonds. The molecule has 2 aromatic heterocycles. The van der Waals surface area contributed by atoms with Crippen LogP contribution in [0.15, 0.2) is 24.5 Å². The van der Waals surface area contributed by atoms with Crippen molar-refractivity contribution in [3.63, 3.8) is 0 Å². The number of hydrogen-bond acceptors (Lipinski definition) is 3. The van der Waals surface area contributed by atoms with E-state index in [9.17, 15) is 4.39 Å². The van der Waals surface area contributed by atoms with E-state index in [0.29, 0.717) is 11.6 Å². The highest BCUT2D eigenvalue weighted by atomic mass is 19.1. The van der Waals surface area contributed by atoms with Crippen LogP contribution < -0.4 is 5.32 Å². The van der Waals surface area contributed by atoms with Crippen molar-refractivity contribution in [1.82, 2.24) is 20.1 Å². The maximum Gasteiger partial charge on any atom is 0.141 e. The Labute approximate surface area is 112 Å². The van der Waals surface area contributed by atoms with Crippen LogP contribution in [0.1, 0.15) is 19.4 Å². The Morgan fingerprint density at radius 2 is 2.16 bits per heavy atom. The number of pyridine rings is 1. The van der Waals surface area contributed by atoms with Crippen molar-refractivity contribution >= 4 is 0 Å². The van der Waals surface area contributed by atoms with Gasteiger partial charge >= 0.3 is 0 Å². The van der Waals surface area contributed by atoms with E-state index >= 15 is 0 Å². The SMILES string of the molecule is CC(C)CNCc1cn(C)nc1-c1ccc(F)cn1. The van der Waals surface area contributed by atoms with Crippen LogP contribution in [-0.2, 0) is 13.6 Å². The summed E-state index contributed by atoms with van der Waals surface area (Å²) in [6.45, 7) is 6.02. The number of rotatable bonds is 5. The van der Waals surface area contributed by atoms with Crippen LogP contribution in [0.25, 0.3) is 11.4 Å². The van der Waals surface area contributed by atoms with E-state index < -0.39 is 0 Å². The molecule has 0 atom stereocenters. The second-order valence-corrected chi connectivity index (χ2v) is 5.06. The van der Waals surface area contributed by atoms with Gasteiger partial charge in [0.05, 0.1) is 11.9 Å². The van der Waals surface area contributed by atoms with E-state index in [1.807, 2.05) is 13.2 Å². The Balaban J connectivity index is 2.18. The molecule has 0 fully saturated rings. The van der Waals surface area contributed by atoms with E-state index in [1.54, 1.807) is 10.7 Å². The second kappa shape index (κ2) is 5.93. The maximum absolute atomic E-state index is 12.9. The predicted molar refractivity (Wildman–Crippen MR) is 72.9 cm³/mol. The zero-order valence-corrected chi connectivity index (χ0v) is 11.5. The molecule has 0 saturated heterocycles. The Kier molecular flexibility index (Phi) is 4.27. The first-order chi connectivity index (χ1) is 9.06. The van der Waals surface area contributed by atoms with Crippen LogP contribution in [0.4, 0.5) is 4.39 Å². The number of hydrogen-bond donors (Lipinski definition) is 1. The molecule has 1 N–H and O–H groups in total. The lowest BCUT2D eigenvalue weighted by atomic mass is 10.1. The van der Waals surface area contributed by atoms with Crippen molar-refractivity contribution in [2.24, 2.45) is 13.0 Å². The van der Waals surface area contributed by atoms with Crippen LogP contribution in [-0.4, -0.2) is 21.3 Å². The second-order valence-electron chi connectivity index (χ2n) is 5.06. The molecule has 4 nitrogen and oxygen atoms in total. The zero-order valence-electron chi connectivity index (χ0n) is 11.5. The first-order valence-electron chi connectivity index (χ1n) is 6.41. The van der Waals surface area contributed by atoms with Crippen molar-refractivity contribution in [3.8, 4) is 11.4 Å². The van der Waals surface area contributed by atoms with Gasteiger partial charge in [-0.25, -0.2) is 4.39 Å². The molecule has 0 aromatic carbocycles. The van der Waals surface area contributed by atoms with Gasteiger partial charge in [0.2, 0.25) is 0 Å². The summed E-state index contributed by atoms with van der Waals surface area (Å²) in [6, 6.07) is 3.06. The molecule has 0 aliphatic carbocycles. The minimum absolute atomic E-state index is 0.334. The van der Waals surface area contributed by atoms with E-state index in [4.69, 9.17) is 0 Å². The topological polar surface area (TPSA) is 42.7 Å². The van der Waals surface area contributed by atoms with Gasteiger partial charge in [0.1, 0.15) is 11.5 Å². The summed E-state index contributed by atoms with van der Waals surface area (Å²) in [6.07, 6.45) is 3.18. The molecule has 2 rings (SSSR count). The first-order valence-corrected chi connectivity index (χ1v) is 6.41. The summed E-state index contributed by atoms with van der Waals surface area (Å²) >= 11 is 0. The predicted octanol–water partition coefficient (Wildman–Crippen LogP) is 2.37. The van der Waals surface area contributed by atoms with Gasteiger partial charge in [-0.3, -0.25) is 9.67 Å². The fourth-order valence-electron chi connectivity index (χ4n) is 1.89. The van der Waals surface area contributed by atoms with Crippen LogP contribution in [0, 0.1) is 11.7 Å². The van der Waals surface area contributed by atoms with Crippen LogP contribution in [0.2, 0.25) is 0 Å². The van der Waals surface area contributed by atoms with Crippen molar-refractivity contribution in [3.05, 3.63) is 35.9 Å². The Morgan fingerprint density at radius 1 is 1.37 bits per heavy atom. The molecule has 2 heterocycles. The third-order valence-corrected chi connectivity index (χ3v) is 2.74. The van der Waals surface area contributed by atoms with Gasteiger partial charge in [-0.1, -0.05) is 13.8 Å². The lowest BCUT2D eigenvalue weighted by Gasteiger charge is -2.07. The van der Waals surface area contributed by atoms with Gasteiger partial charge in [0.25, 0.3) is 0 Å². The number of nitrogens with one attached hydrogen (secondary N) is 1. The van der Waals surface area contributed by atoms with E-state index in [2.05, 4.69) is 29.2 Å². The number of halogens is 1. The minimum atomic E-state index is -0.334. The molecule has 0 spiro atoms. The Bertz CT molecular complexity index is 531. The van der Waals surface area contributed by atoms with Gasteiger partial charge < -0.3 is 5.32 Å². The quantitative estimate of drug-likeness (QED) is 0.899. The Hall–Kier alpha value is -1.75. The number of aryl methyl sites for hydroxylation is 1. The van der Waals surface area contributed by atoms with Gasteiger partial charge in [0.15, 0.2) is 0 Å². The molecule has 102 valence electrons. The molecule has 2 aromatic rings.